The summed E-state index contributed by atoms with van der Waals surface area (Å²) in [5.74, 6) is 1.84. The van der Waals surface area contributed by atoms with Crippen LogP contribution in [0.3, 0.4) is 0 Å². The van der Waals surface area contributed by atoms with Crippen LogP contribution in [0, 0.1) is 5.92 Å². The summed E-state index contributed by atoms with van der Waals surface area (Å²) in [4.78, 5) is 10.5. The molecule has 0 N–H and O–H groups in total. The topological polar surface area (TPSA) is 29.0 Å². The molecule has 1 heterocycles. The third-order valence-electron chi connectivity index (χ3n) is 3.02. The minimum atomic E-state index is 0.844. The fraction of sp³-hybridized carbons (Fsp3) is 0.636. The molecule has 1 aliphatic rings. The lowest BCUT2D eigenvalue weighted by Crippen LogP contribution is -2.25. The van der Waals surface area contributed by atoms with Gasteiger partial charge in [0.1, 0.15) is 12.1 Å². The summed E-state index contributed by atoms with van der Waals surface area (Å²) in [6.45, 7) is 1.11. The van der Waals surface area contributed by atoms with Crippen LogP contribution >= 0.6 is 15.9 Å². The average Bonchev–Trinajstić information content (AvgIpc) is 2.71. The lowest BCUT2D eigenvalue weighted by molar-refractivity contribution is 0.544. The molecule has 0 radical (unpaired) electrons. The van der Waals surface area contributed by atoms with Crippen LogP contribution in [-0.4, -0.2) is 23.6 Å². The van der Waals surface area contributed by atoms with Crippen molar-refractivity contribution in [2.45, 2.75) is 25.7 Å². The summed E-state index contributed by atoms with van der Waals surface area (Å²) in [7, 11) is 2.10. The van der Waals surface area contributed by atoms with Crippen LogP contribution in [0.5, 0.6) is 0 Å². The molecule has 0 spiro atoms. The molecule has 1 aromatic rings. The molecular weight excluding hydrogens is 254 g/mol. The second-order valence-corrected chi connectivity index (χ2v) is 5.08. The van der Waals surface area contributed by atoms with Gasteiger partial charge in [0.2, 0.25) is 0 Å². The van der Waals surface area contributed by atoms with Crippen LogP contribution in [0.4, 0.5) is 5.82 Å². The Morgan fingerprint density at radius 1 is 1.47 bits per heavy atom. The van der Waals surface area contributed by atoms with Crippen LogP contribution in [0.15, 0.2) is 17.0 Å². The summed E-state index contributed by atoms with van der Waals surface area (Å²) in [6.07, 6.45) is 8.92. The van der Waals surface area contributed by atoms with Crippen molar-refractivity contribution in [2.75, 3.05) is 18.5 Å². The number of halogens is 1. The van der Waals surface area contributed by atoms with E-state index in [1.807, 2.05) is 0 Å². The van der Waals surface area contributed by atoms with Crippen molar-refractivity contribution in [3.63, 3.8) is 0 Å². The van der Waals surface area contributed by atoms with E-state index in [0.29, 0.717) is 0 Å². The van der Waals surface area contributed by atoms with Crippen LogP contribution in [0.2, 0.25) is 0 Å². The summed E-state index contributed by atoms with van der Waals surface area (Å²) in [5, 5.41) is 0. The Labute approximate surface area is 99.0 Å². The fourth-order valence-corrected chi connectivity index (χ4v) is 2.78. The van der Waals surface area contributed by atoms with E-state index in [0.717, 1.165) is 22.8 Å². The maximum atomic E-state index is 4.29. The van der Waals surface area contributed by atoms with E-state index in [9.17, 15) is 0 Å². The molecule has 15 heavy (non-hydrogen) atoms. The second-order valence-electron chi connectivity index (χ2n) is 4.23. The molecule has 0 aliphatic heterocycles. The lowest BCUT2D eigenvalue weighted by atomic mass is 10.1. The van der Waals surface area contributed by atoms with E-state index in [2.05, 4.69) is 37.8 Å². The first-order valence-corrected chi connectivity index (χ1v) is 6.23. The zero-order valence-electron chi connectivity index (χ0n) is 8.99. The summed E-state index contributed by atoms with van der Waals surface area (Å²) in [6, 6.07) is 0. The van der Waals surface area contributed by atoms with Crippen molar-refractivity contribution < 1.29 is 0 Å². The first kappa shape index (κ1) is 10.9. The minimum absolute atomic E-state index is 0.844. The highest BCUT2D eigenvalue weighted by Crippen LogP contribution is 2.28. The predicted octanol–water partition coefficient (Wildman–Crippen LogP) is 2.87. The standard InChI is InChI=1S/C11H16BrN3/c1-15(7-9-4-2-3-5-9)11-10(12)6-13-8-14-11/h6,8-9H,2-5,7H2,1H3. The van der Waals surface area contributed by atoms with Gasteiger partial charge in [0.15, 0.2) is 0 Å². The summed E-state index contributed by atoms with van der Waals surface area (Å²) in [5.41, 5.74) is 0. The van der Waals surface area contributed by atoms with E-state index in [1.54, 1.807) is 12.5 Å². The first-order chi connectivity index (χ1) is 7.27. The van der Waals surface area contributed by atoms with Gasteiger partial charge in [0.25, 0.3) is 0 Å². The zero-order chi connectivity index (χ0) is 10.7. The predicted molar refractivity (Wildman–Crippen MR) is 65.0 cm³/mol. The van der Waals surface area contributed by atoms with Crippen molar-refractivity contribution in [1.82, 2.24) is 9.97 Å². The minimum Gasteiger partial charge on any atom is -0.358 e. The molecule has 0 bridgehead atoms. The highest BCUT2D eigenvalue weighted by Gasteiger charge is 2.18. The van der Waals surface area contributed by atoms with Gasteiger partial charge in [-0.1, -0.05) is 12.8 Å². The Morgan fingerprint density at radius 2 is 2.20 bits per heavy atom. The van der Waals surface area contributed by atoms with Gasteiger partial charge in [-0.3, -0.25) is 0 Å². The maximum Gasteiger partial charge on any atom is 0.146 e. The smallest absolute Gasteiger partial charge is 0.146 e. The van der Waals surface area contributed by atoms with E-state index >= 15 is 0 Å². The van der Waals surface area contributed by atoms with E-state index in [4.69, 9.17) is 0 Å². The second kappa shape index (κ2) is 4.92. The van der Waals surface area contributed by atoms with Crippen molar-refractivity contribution in [1.29, 1.82) is 0 Å². The number of nitrogens with zero attached hydrogens (tertiary/aromatic N) is 3. The molecule has 4 heteroatoms. The quantitative estimate of drug-likeness (QED) is 0.845. The van der Waals surface area contributed by atoms with Gasteiger partial charge in [-0.25, -0.2) is 9.97 Å². The molecule has 1 fully saturated rings. The molecule has 0 aromatic carbocycles. The number of hydrogen-bond acceptors (Lipinski definition) is 3. The van der Waals surface area contributed by atoms with Crippen LogP contribution in [0.1, 0.15) is 25.7 Å². The van der Waals surface area contributed by atoms with Gasteiger partial charge in [-0.2, -0.15) is 0 Å². The van der Waals surface area contributed by atoms with Crippen molar-refractivity contribution >= 4 is 21.7 Å². The van der Waals surface area contributed by atoms with Crippen molar-refractivity contribution in [3.05, 3.63) is 17.0 Å². The fourth-order valence-electron chi connectivity index (χ4n) is 2.25. The van der Waals surface area contributed by atoms with Crippen molar-refractivity contribution in [3.8, 4) is 0 Å². The molecule has 0 atom stereocenters. The van der Waals surface area contributed by atoms with Gasteiger partial charge >= 0.3 is 0 Å². The highest BCUT2D eigenvalue weighted by atomic mass is 79.9. The molecular formula is C11H16BrN3. The van der Waals surface area contributed by atoms with Gasteiger partial charge < -0.3 is 4.90 Å². The Bertz CT molecular complexity index is 323. The average molecular weight is 270 g/mol. The molecule has 2 rings (SSSR count). The molecule has 0 amide bonds. The zero-order valence-corrected chi connectivity index (χ0v) is 10.6. The number of hydrogen-bond donors (Lipinski definition) is 0. The molecule has 1 aromatic heterocycles. The molecule has 82 valence electrons. The van der Waals surface area contributed by atoms with E-state index in [1.165, 1.54) is 25.7 Å². The highest BCUT2D eigenvalue weighted by molar-refractivity contribution is 9.10. The molecule has 3 nitrogen and oxygen atoms in total. The van der Waals surface area contributed by atoms with E-state index < -0.39 is 0 Å². The monoisotopic (exact) mass is 269 g/mol. The third kappa shape index (κ3) is 2.68. The Morgan fingerprint density at radius 3 is 2.87 bits per heavy atom. The lowest BCUT2D eigenvalue weighted by Gasteiger charge is -2.22. The van der Waals surface area contributed by atoms with Gasteiger partial charge in [-0.15, -0.1) is 0 Å². The van der Waals surface area contributed by atoms with E-state index in [-0.39, 0.29) is 0 Å². The Hall–Kier alpha value is -0.640. The SMILES string of the molecule is CN(CC1CCCC1)c1ncncc1Br. The number of aromatic nitrogens is 2. The number of rotatable bonds is 3. The largest absolute Gasteiger partial charge is 0.358 e. The first-order valence-electron chi connectivity index (χ1n) is 5.44. The maximum absolute atomic E-state index is 4.29. The summed E-state index contributed by atoms with van der Waals surface area (Å²) < 4.78 is 0.977. The van der Waals surface area contributed by atoms with Gasteiger partial charge in [0, 0.05) is 19.8 Å². The molecule has 1 saturated carbocycles. The number of anilines is 1. The molecule has 0 unspecified atom stereocenters. The molecule has 0 saturated heterocycles. The Balaban J connectivity index is 2.00. The summed E-state index contributed by atoms with van der Waals surface area (Å²) >= 11 is 3.48. The Kier molecular flexibility index (Phi) is 3.57. The molecule has 1 aliphatic carbocycles. The van der Waals surface area contributed by atoms with Crippen LogP contribution < -0.4 is 4.90 Å². The van der Waals surface area contributed by atoms with Crippen LogP contribution in [0.25, 0.3) is 0 Å². The van der Waals surface area contributed by atoms with Gasteiger partial charge in [0.05, 0.1) is 4.47 Å². The third-order valence-corrected chi connectivity index (χ3v) is 3.58. The van der Waals surface area contributed by atoms with Crippen LogP contribution in [-0.2, 0) is 0 Å². The normalized spacial score (nSPS) is 16.9. The van der Waals surface area contributed by atoms with Gasteiger partial charge in [-0.05, 0) is 34.7 Å². The van der Waals surface area contributed by atoms with Crippen molar-refractivity contribution in [2.24, 2.45) is 5.92 Å².